The van der Waals surface area contributed by atoms with Gasteiger partial charge in [-0.15, -0.1) is 0 Å². The van der Waals surface area contributed by atoms with Crippen LogP contribution in [0.25, 0.3) is 0 Å². The van der Waals surface area contributed by atoms with Gasteiger partial charge in [-0.2, -0.15) is 0 Å². The lowest BCUT2D eigenvalue weighted by molar-refractivity contribution is -0.891. The number of aryl methyl sites for hydroxylation is 1. The Morgan fingerprint density at radius 2 is 1.76 bits per heavy atom. The lowest BCUT2D eigenvalue weighted by Gasteiger charge is -2.16. The molecule has 1 aliphatic rings. The van der Waals surface area contributed by atoms with Crippen LogP contribution in [0.15, 0.2) is 4.42 Å². The highest BCUT2D eigenvalue weighted by Gasteiger charge is 2.29. The van der Waals surface area contributed by atoms with Crippen molar-refractivity contribution in [2.24, 2.45) is 0 Å². The number of Topliss-reactive ketones (excluding diaryl/α,β-unsaturated/α-hetero) is 1. The van der Waals surface area contributed by atoms with Crippen LogP contribution < -0.4 is 10.2 Å². The summed E-state index contributed by atoms with van der Waals surface area (Å²) in [5.41, 5.74) is 0.168. The second-order valence-electron chi connectivity index (χ2n) is 6.40. The molecular formula is C18H27N2O5+. The van der Waals surface area contributed by atoms with E-state index in [0.717, 1.165) is 25.9 Å². The summed E-state index contributed by atoms with van der Waals surface area (Å²) in [6.45, 7) is 7.05. The first-order chi connectivity index (χ1) is 11.9. The van der Waals surface area contributed by atoms with E-state index >= 15 is 0 Å². The quantitative estimate of drug-likeness (QED) is 0.597. The molecule has 7 heteroatoms. The monoisotopic (exact) mass is 351 g/mol. The zero-order valence-electron chi connectivity index (χ0n) is 15.2. The van der Waals surface area contributed by atoms with Crippen LogP contribution in [0.3, 0.4) is 0 Å². The number of likely N-dealkylation sites (tertiary alicyclic amines) is 1. The average molecular weight is 351 g/mol. The number of hydrogen-bond acceptors (Lipinski definition) is 5. The van der Waals surface area contributed by atoms with E-state index in [-0.39, 0.29) is 35.3 Å². The van der Waals surface area contributed by atoms with E-state index < -0.39 is 5.97 Å². The van der Waals surface area contributed by atoms with E-state index in [1.807, 2.05) is 0 Å². The lowest BCUT2D eigenvalue weighted by Crippen LogP contribution is -3.12. The summed E-state index contributed by atoms with van der Waals surface area (Å²) >= 11 is 0. The van der Waals surface area contributed by atoms with E-state index in [4.69, 9.17) is 9.15 Å². The highest BCUT2D eigenvalue weighted by atomic mass is 16.5. The van der Waals surface area contributed by atoms with Crippen molar-refractivity contribution in [1.82, 2.24) is 0 Å². The van der Waals surface area contributed by atoms with E-state index in [9.17, 15) is 14.4 Å². The second-order valence-corrected chi connectivity index (χ2v) is 6.40. The molecule has 0 radical (unpaired) electrons. The Balaban J connectivity index is 2.17. The first-order valence-corrected chi connectivity index (χ1v) is 8.88. The SMILES string of the molecule is CCOC(=O)c1c(NC(=O)C[NH+]2CCCCCC2)oc(C)c1C(C)=O. The predicted molar refractivity (Wildman–Crippen MR) is 92.1 cm³/mol. The fourth-order valence-electron chi connectivity index (χ4n) is 3.26. The van der Waals surface area contributed by atoms with Gasteiger partial charge in [0.2, 0.25) is 5.88 Å². The Hall–Kier alpha value is -2.15. The average Bonchev–Trinajstić information content (AvgIpc) is 2.70. The number of ether oxygens (including phenoxy) is 1. The highest BCUT2D eigenvalue weighted by Crippen LogP contribution is 2.28. The molecule has 2 N–H and O–H groups in total. The lowest BCUT2D eigenvalue weighted by atomic mass is 10.1. The second kappa shape index (κ2) is 8.80. The summed E-state index contributed by atoms with van der Waals surface area (Å²) in [4.78, 5) is 37.7. The van der Waals surface area contributed by atoms with Crippen molar-refractivity contribution in [2.75, 3.05) is 31.6 Å². The maximum absolute atomic E-state index is 12.4. The van der Waals surface area contributed by atoms with Crippen molar-refractivity contribution in [3.05, 3.63) is 16.9 Å². The molecule has 138 valence electrons. The zero-order valence-corrected chi connectivity index (χ0v) is 15.2. The molecular weight excluding hydrogens is 324 g/mol. The maximum atomic E-state index is 12.4. The molecule has 1 aromatic rings. The maximum Gasteiger partial charge on any atom is 0.344 e. The van der Waals surface area contributed by atoms with E-state index in [1.165, 1.54) is 24.7 Å². The summed E-state index contributed by atoms with van der Waals surface area (Å²) in [6, 6.07) is 0. The van der Waals surface area contributed by atoms with Gasteiger partial charge in [0.05, 0.1) is 25.3 Å². The summed E-state index contributed by atoms with van der Waals surface area (Å²) in [6.07, 6.45) is 4.64. The van der Waals surface area contributed by atoms with Gasteiger partial charge < -0.3 is 14.1 Å². The van der Waals surface area contributed by atoms with Gasteiger partial charge in [-0.3, -0.25) is 14.9 Å². The molecule has 1 saturated heterocycles. The molecule has 1 amide bonds. The van der Waals surface area contributed by atoms with Gasteiger partial charge in [0.25, 0.3) is 5.91 Å². The first kappa shape index (κ1) is 19.2. The fraction of sp³-hybridized carbons (Fsp3) is 0.611. The molecule has 7 nitrogen and oxygen atoms in total. The number of quaternary nitrogens is 1. The smallest absolute Gasteiger partial charge is 0.344 e. The van der Waals surface area contributed by atoms with Crippen molar-refractivity contribution in [1.29, 1.82) is 0 Å². The van der Waals surface area contributed by atoms with Crippen molar-refractivity contribution in [3.8, 4) is 0 Å². The molecule has 1 aliphatic heterocycles. The van der Waals surface area contributed by atoms with Crippen LogP contribution >= 0.6 is 0 Å². The Morgan fingerprint density at radius 1 is 1.12 bits per heavy atom. The number of anilines is 1. The molecule has 1 fully saturated rings. The van der Waals surface area contributed by atoms with E-state index in [1.54, 1.807) is 13.8 Å². The number of hydrogen-bond donors (Lipinski definition) is 2. The number of carbonyl (C=O) groups is 3. The number of ketones is 1. The van der Waals surface area contributed by atoms with E-state index in [0.29, 0.717) is 12.3 Å². The van der Waals surface area contributed by atoms with Gasteiger partial charge >= 0.3 is 5.97 Å². The molecule has 0 aromatic carbocycles. The molecule has 1 aromatic heterocycles. The predicted octanol–water partition coefficient (Wildman–Crippen LogP) is 1.36. The van der Waals surface area contributed by atoms with Gasteiger partial charge in [-0.25, -0.2) is 4.79 Å². The van der Waals surface area contributed by atoms with Crippen molar-refractivity contribution >= 4 is 23.5 Å². The minimum Gasteiger partial charge on any atom is -0.462 e. The Bertz CT molecular complexity index is 642. The summed E-state index contributed by atoms with van der Waals surface area (Å²) < 4.78 is 10.5. The van der Waals surface area contributed by atoms with Gasteiger partial charge in [0.1, 0.15) is 11.3 Å². The fourth-order valence-corrected chi connectivity index (χ4v) is 3.26. The third-order valence-corrected chi connectivity index (χ3v) is 4.39. The van der Waals surface area contributed by atoms with Crippen LogP contribution in [0.1, 0.15) is 66.0 Å². The molecule has 0 bridgehead atoms. The first-order valence-electron chi connectivity index (χ1n) is 8.88. The number of amides is 1. The number of esters is 1. The Labute approximate surface area is 147 Å². The van der Waals surface area contributed by atoms with Crippen LogP contribution in [0.5, 0.6) is 0 Å². The normalized spacial score (nSPS) is 15.5. The molecule has 2 heterocycles. The Kier molecular flexibility index (Phi) is 6.75. The molecule has 0 saturated carbocycles. The number of furan rings is 1. The molecule has 2 rings (SSSR count). The molecule has 0 unspecified atom stereocenters. The molecule has 0 spiro atoms. The molecule has 0 atom stereocenters. The van der Waals surface area contributed by atoms with Crippen LogP contribution in [0.2, 0.25) is 0 Å². The summed E-state index contributed by atoms with van der Waals surface area (Å²) in [7, 11) is 0. The standard InChI is InChI=1S/C18H26N2O5/c1-4-24-18(23)16-15(12(2)21)13(3)25-17(16)19-14(22)11-20-9-7-5-6-8-10-20/h4-11H2,1-3H3,(H,19,22)/p+1. The highest BCUT2D eigenvalue weighted by molar-refractivity contribution is 6.10. The number of carbonyl (C=O) groups excluding carboxylic acids is 3. The van der Waals surface area contributed by atoms with Crippen molar-refractivity contribution < 1.29 is 28.4 Å². The van der Waals surface area contributed by atoms with Crippen LogP contribution in [-0.2, 0) is 9.53 Å². The number of rotatable bonds is 6. The zero-order chi connectivity index (χ0) is 18.4. The molecule has 25 heavy (non-hydrogen) atoms. The van der Waals surface area contributed by atoms with Gasteiger partial charge in [-0.1, -0.05) is 0 Å². The minimum atomic E-state index is -0.665. The topological polar surface area (TPSA) is 90.0 Å². The third kappa shape index (κ3) is 4.92. The van der Waals surface area contributed by atoms with Crippen LogP contribution in [0, 0.1) is 6.92 Å². The van der Waals surface area contributed by atoms with Gasteiger partial charge in [-0.05, 0) is 46.5 Å². The van der Waals surface area contributed by atoms with Crippen LogP contribution in [0.4, 0.5) is 5.88 Å². The van der Waals surface area contributed by atoms with Crippen LogP contribution in [-0.4, -0.2) is 43.9 Å². The summed E-state index contributed by atoms with van der Waals surface area (Å²) in [5, 5.41) is 2.65. The van der Waals surface area contributed by atoms with Crippen molar-refractivity contribution in [2.45, 2.75) is 46.5 Å². The van der Waals surface area contributed by atoms with E-state index in [2.05, 4.69) is 5.32 Å². The largest absolute Gasteiger partial charge is 0.462 e. The number of nitrogens with one attached hydrogen (secondary N) is 2. The van der Waals surface area contributed by atoms with Gasteiger partial charge in [0, 0.05) is 0 Å². The summed E-state index contributed by atoms with van der Waals surface area (Å²) in [5.74, 6) is -0.899. The third-order valence-electron chi connectivity index (χ3n) is 4.39. The van der Waals surface area contributed by atoms with Crippen molar-refractivity contribution in [3.63, 3.8) is 0 Å². The minimum absolute atomic E-state index is 0.000344. The van der Waals surface area contributed by atoms with Gasteiger partial charge in [0.15, 0.2) is 12.3 Å². The molecule has 0 aliphatic carbocycles. The Morgan fingerprint density at radius 3 is 2.32 bits per heavy atom.